The zero-order chi connectivity index (χ0) is 14.7. The number of β-amino-alcohol motifs (C(OH)–C–C–N with tert-alkyl or cyclic N) is 1. The highest BCUT2D eigenvalue weighted by Gasteiger charge is 2.25. The van der Waals surface area contributed by atoms with E-state index in [1.165, 1.54) is 5.56 Å². The Morgan fingerprint density at radius 1 is 1.10 bits per heavy atom. The summed E-state index contributed by atoms with van der Waals surface area (Å²) in [5.74, 6) is 0.574. The molecule has 2 aromatic rings. The van der Waals surface area contributed by atoms with Gasteiger partial charge in [-0.3, -0.25) is 4.90 Å². The van der Waals surface area contributed by atoms with Crippen molar-refractivity contribution in [2.75, 3.05) is 19.6 Å². The molecule has 1 fully saturated rings. The topological polar surface area (TPSA) is 23.5 Å². The summed E-state index contributed by atoms with van der Waals surface area (Å²) in [6, 6.07) is 18.2. The van der Waals surface area contributed by atoms with Gasteiger partial charge in [-0.2, -0.15) is 0 Å². The van der Waals surface area contributed by atoms with Gasteiger partial charge in [-0.15, -0.1) is 0 Å². The first-order valence-corrected chi connectivity index (χ1v) is 7.81. The van der Waals surface area contributed by atoms with Gasteiger partial charge in [0.2, 0.25) is 0 Å². The number of hydrogen-bond donors (Lipinski definition) is 1. The molecule has 0 unspecified atom stereocenters. The molecule has 0 radical (unpaired) electrons. The lowest BCUT2D eigenvalue weighted by molar-refractivity contribution is 0.125. The Morgan fingerprint density at radius 2 is 1.81 bits per heavy atom. The summed E-state index contributed by atoms with van der Waals surface area (Å²) in [5, 5.41) is 11.0. The molecule has 1 aliphatic heterocycles. The summed E-state index contributed by atoms with van der Waals surface area (Å²) < 4.78 is 0. The molecule has 3 rings (SSSR count). The van der Waals surface area contributed by atoms with Crippen LogP contribution >= 0.6 is 11.6 Å². The van der Waals surface area contributed by atoms with Crippen LogP contribution in [0, 0.1) is 0 Å². The van der Waals surface area contributed by atoms with Crippen LogP contribution in [0.3, 0.4) is 0 Å². The summed E-state index contributed by atoms with van der Waals surface area (Å²) in [4.78, 5) is 2.33. The van der Waals surface area contributed by atoms with E-state index in [-0.39, 0.29) is 0 Å². The zero-order valence-corrected chi connectivity index (χ0v) is 12.7. The van der Waals surface area contributed by atoms with Crippen LogP contribution in [0.15, 0.2) is 54.6 Å². The smallest absolute Gasteiger partial charge is 0.0931 e. The number of rotatable bonds is 4. The fraction of sp³-hybridized carbons (Fsp3) is 0.333. The second kappa shape index (κ2) is 6.61. The lowest BCUT2D eigenvalue weighted by atomic mass is 9.99. The van der Waals surface area contributed by atoms with Crippen LogP contribution in [-0.4, -0.2) is 29.6 Å². The molecular weight excluding hydrogens is 282 g/mol. The van der Waals surface area contributed by atoms with Crippen molar-refractivity contribution < 1.29 is 5.11 Å². The monoisotopic (exact) mass is 301 g/mol. The molecule has 0 bridgehead atoms. The number of likely N-dealkylation sites (tertiary alicyclic amines) is 1. The van der Waals surface area contributed by atoms with Crippen molar-refractivity contribution in [2.45, 2.75) is 18.4 Å². The Morgan fingerprint density at radius 3 is 2.57 bits per heavy atom. The molecule has 1 heterocycles. The Balaban J connectivity index is 1.61. The quantitative estimate of drug-likeness (QED) is 0.927. The van der Waals surface area contributed by atoms with E-state index in [1.54, 1.807) is 0 Å². The predicted octanol–water partition coefficient (Wildman–Crippen LogP) is 3.86. The Bertz CT molecular complexity index is 587. The Hall–Kier alpha value is -1.35. The van der Waals surface area contributed by atoms with Crippen LogP contribution in [0.1, 0.15) is 29.6 Å². The van der Waals surface area contributed by atoms with Gasteiger partial charge in [0.15, 0.2) is 0 Å². The maximum Gasteiger partial charge on any atom is 0.0931 e. The highest BCUT2D eigenvalue weighted by atomic mass is 35.5. The van der Waals surface area contributed by atoms with Crippen LogP contribution in [0.2, 0.25) is 5.02 Å². The third kappa shape index (κ3) is 3.46. The second-order valence-electron chi connectivity index (χ2n) is 5.69. The van der Waals surface area contributed by atoms with Crippen LogP contribution in [0.5, 0.6) is 0 Å². The molecule has 0 amide bonds. The van der Waals surface area contributed by atoms with E-state index in [0.29, 0.717) is 17.5 Å². The number of hydrogen-bond acceptors (Lipinski definition) is 2. The SMILES string of the molecule is O[C@H](CN1CC[C@H](c2ccccc2)C1)c1ccccc1Cl. The third-order valence-corrected chi connectivity index (χ3v) is 4.58. The van der Waals surface area contributed by atoms with E-state index in [4.69, 9.17) is 11.6 Å². The second-order valence-corrected chi connectivity index (χ2v) is 6.10. The molecule has 2 atom stereocenters. The van der Waals surface area contributed by atoms with E-state index < -0.39 is 6.10 Å². The van der Waals surface area contributed by atoms with Crippen molar-refractivity contribution in [3.8, 4) is 0 Å². The zero-order valence-electron chi connectivity index (χ0n) is 12.0. The van der Waals surface area contributed by atoms with Gasteiger partial charge in [0.25, 0.3) is 0 Å². The molecule has 110 valence electrons. The Kier molecular flexibility index (Phi) is 4.59. The van der Waals surface area contributed by atoms with Crippen molar-refractivity contribution in [1.82, 2.24) is 4.90 Å². The number of aliphatic hydroxyl groups excluding tert-OH is 1. The first-order chi connectivity index (χ1) is 10.2. The van der Waals surface area contributed by atoms with Crippen LogP contribution in [0.25, 0.3) is 0 Å². The molecule has 1 aliphatic rings. The molecule has 21 heavy (non-hydrogen) atoms. The molecule has 2 aromatic carbocycles. The Labute approximate surface area is 131 Å². The van der Waals surface area contributed by atoms with Crippen molar-refractivity contribution in [3.63, 3.8) is 0 Å². The maximum atomic E-state index is 10.4. The third-order valence-electron chi connectivity index (χ3n) is 4.24. The van der Waals surface area contributed by atoms with Gasteiger partial charge in [-0.25, -0.2) is 0 Å². The van der Waals surface area contributed by atoms with Gasteiger partial charge in [0, 0.05) is 23.7 Å². The average molecular weight is 302 g/mol. The fourth-order valence-electron chi connectivity index (χ4n) is 3.08. The van der Waals surface area contributed by atoms with Crippen LogP contribution in [0.4, 0.5) is 0 Å². The highest BCUT2D eigenvalue weighted by molar-refractivity contribution is 6.31. The van der Waals surface area contributed by atoms with Gasteiger partial charge in [-0.05, 0) is 30.5 Å². The summed E-state index contributed by atoms with van der Waals surface area (Å²) in [6.45, 7) is 2.68. The number of halogens is 1. The first-order valence-electron chi connectivity index (χ1n) is 7.44. The number of aliphatic hydroxyl groups is 1. The number of nitrogens with zero attached hydrogens (tertiary/aromatic N) is 1. The lowest BCUT2D eigenvalue weighted by Crippen LogP contribution is -2.26. The predicted molar refractivity (Wildman–Crippen MR) is 86.7 cm³/mol. The van der Waals surface area contributed by atoms with Gasteiger partial charge >= 0.3 is 0 Å². The standard InChI is InChI=1S/C18H20ClNO/c19-17-9-5-4-8-16(17)18(21)13-20-11-10-15(12-20)14-6-2-1-3-7-14/h1-9,15,18,21H,10-13H2/t15-,18+/m0/s1. The molecule has 2 nitrogen and oxygen atoms in total. The van der Waals surface area contributed by atoms with Crippen molar-refractivity contribution in [3.05, 3.63) is 70.7 Å². The van der Waals surface area contributed by atoms with E-state index in [2.05, 4.69) is 35.2 Å². The minimum absolute atomic E-state index is 0.520. The molecule has 0 spiro atoms. The average Bonchev–Trinajstić information content (AvgIpc) is 2.97. The van der Waals surface area contributed by atoms with Crippen molar-refractivity contribution >= 4 is 11.6 Å². The molecule has 0 saturated carbocycles. The highest BCUT2D eigenvalue weighted by Crippen LogP contribution is 2.29. The minimum Gasteiger partial charge on any atom is -0.387 e. The van der Waals surface area contributed by atoms with E-state index in [0.717, 1.165) is 25.1 Å². The lowest BCUT2D eigenvalue weighted by Gasteiger charge is -2.21. The molecule has 3 heteroatoms. The van der Waals surface area contributed by atoms with Crippen molar-refractivity contribution in [2.24, 2.45) is 0 Å². The van der Waals surface area contributed by atoms with E-state index in [1.807, 2.05) is 24.3 Å². The summed E-state index contributed by atoms with van der Waals surface area (Å²) in [7, 11) is 0. The van der Waals surface area contributed by atoms with Gasteiger partial charge < -0.3 is 5.11 Å². The largest absolute Gasteiger partial charge is 0.387 e. The van der Waals surface area contributed by atoms with Crippen molar-refractivity contribution in [1.29, 1.82) is 0 Å². The first kappa shape index (κ1) is 14.6. The van der Waals surface area contributed by atoms with Gasteiger partial charge in [-0.1, -0.05) is 60.1 Å². The summed E-state index contributed by atoms with van der Waals surface area (Å²) in [6.07, 6.45) is 0.632. The molecule has 1 N–H and O–H groups in total. The van der Waals surface area contributed by atoms with Crippen LogP contribution in [-0.2, 0) is 0 Å². The van der Waals surface area contributed by atoms with E-state index >= 15 is 0 Å². The van der Waals surface area contributed by atoms with Gasteiger partial charge in [0.05, 0.1) is 6.10 Å². The summed E-state index contributed by atoms with van der Waals surface area (Å²) in [5.41, 5.74) is 2.22. The molecule has 1 saturated heterocycles. The molecule has 0 aliphatic carbocycles. The van der Waals surface area contributed by atoms with E-state index in [9.17, 15) is 5.11 Å². The number of benzene rings is 2. The maximum absolute atomic E-state index is 10.4. The normalized spacial score (nSPS) is 20.6. The van der Waals surface area contributed by atoms with Crippen LogP contribution < -0.4 is 0 Å². The molecule has 0 aromatic heterocycles. The molecular formula is C18H20ClNO. The minimum atomic E-state index is -0.520. The van der Waals surface area contributed by atoms with Gasteiger partial charge in [0.1, 0.15) is 0 Å². The fourth-order valence-corrected chi connectivity index (χ4v) is 3.35. The summed E-state index contributed by atoms with van der Waals surface area (Å²) >= 11 is 6.15.